The second kappa shape index (κ2) is 6.28. The maximum absolute atomic E-state index is 14.0. The molecule has 1 aromatic rings. The summed E-state index contributed by atoms with van der Waals surface area (Å²) in [4.78, 5) is 5.76. The highest BCUT2D eigenvalue weighted by molar-refractivity contribution is 8.00. The number of fused-ring (bicyclic) bond motifs is 3. The van der Waals surface area contributed by atoms with Crippen LogP contribution in [0.4, 0.5) is 19.1 Å². The molecule has 0 saturated heterocycles. The van der Waals surface area contributed by atoms with Crippen LogP contribution in [0.25, 0.3) is 5.70 Å². The maximum Gasteiger partial charge on any atom is 0.431 e. The zero-order valence-corrected chi connectivity index (χ0v) is 18.1. The Morgan fingerprint density at radius 2 is 1.90 bits per heavy atom. The van der Waals surface area contributed by atoms with E-state index < -0.39 is 17.4 Å². The Hall–Kier alpha value is -1.93. The summed E-state index contributed by atoms with van der Waals surface area (Å²) in [6.07, 6.45) is 3.17. The number of anilines is 1. The van der Waals surface area contributed by atoms with E-state index in [1.165, 1.54) is 11.0 Å². The molecule has 0 N–H and O–H groups in total. The van der Waals surface area contributed by atoms with Crippen LogP contribution < -0.4 is 4.90 Å². The van der Waals surface area contributed by atoms with Crippen molar-refractivity contribution in [3.63, 3.8) is 0 Å². The summed E-state index contributed by atoms with van der Waals surface area (Å²) in [6.45, 7) is 10.0. The molecule has 0 saturated carbocycles. The van der Waals surface area contributed by atoms with Crippen molar-refractivity contribution in [3.05, 3.63) is 47.3 Å². The summed E-state index contributed by atoms with van der Waals surface area (Å²) < 4.78 is 49.4. The fourth-order valence-corrected chi connectivity index (χ4v) is 5.49. The summed E-state index contributed by atoms with van der Waals surface area (Å²) in [5.74, 6) is 0.278. The number of hydrogen-bond donors (Lipinski definition) is 0. The van der Waals surface area contributed by atoms with Gasteiger partial charge in [-0.1, -0.05) is 26.8 Å². The SMILES string of the molecule is COC1C(C)=CC23C=CC=C(C(F)(F)F)N2c2ncc(SC(C)(C)C)n2C3=C1C. The van der Waals surface area contributed by atoms with Gasteiger partial charge in [0.2, 0.25) is 5.95 Å². The van der Waals surface area contributed by atoms with Crippen LogP contribution >= 0.6 is 11.8 Å². The topological polar surface area (TPSA) is 30.3 Å². The van der Waals surface area contributed by atoms with Gasteiger partial charge < -0.3 is 4.74 Å². The fraction of sp³-hybridized carbons (Fsp3) is 0.476. The molecular weight excluding hydrogens is 399 g/mol. The number of ether oxygens (including phenoxy) is 1. The van der Waals surface area contributed by atoms with Gasteiger partial charge in [0, 0.05) is 11.9 Å². The summed E-state index contributed by atoms with van der Waals surface area (Å²) in [7, 11) is 1.62. The molecule has 4 nitrogen and oxygen atoms in total. The van der Waals surface area contributed by atoms with Gasteiger partial charge in [-0.2, -0.15) is 13.2 Å². The van der Waals surface area contributed by atoms with E-state index in [0.29, 0.717) is 0 Å². The molecule has 1 aliphatic carbocycles. The van der Waals surface area contributed by atoms with E-state index in [9.17, 15) is 13.2 Å². The minimum absolute atomic E-state index is 0.124. The molecule has 0 amide bonds. The third-order valence-electron chi connectivity index (χ3n) is 5.29. The third-order valence-corrected chi connectivity index (χ3v) is 6.40. The number of hydrogen-bond acceptors (Lipinski definition) is 4. The summed E-state index contributed by atoms with van der Waals surface area (Å²) in [6, 6.07) is 0. The second-order valence-electron chi connectivity index (χ2n) is 8.55. The minimum Gasteiger partial charge on any atom is -0.373 e. The van der Waals surface area contributed by atoms with Crippen molar-refractivity contribution in [2.45, 2.75) is 62.2 Å². The van der Waals surface area contributed by atoms with Gasteiger partial charge in [-0.25, -0.2) is 4.98 Å². The molecule has 2 unspecified atom stereocenters. The van der Waals surface area contributed by atoms with Crippen molar-refractivity contribution < 1.29 is 17.9 Å². The van der Waals surface area contributed by atoms with E-state index >= 15 is 0 Å². The highest BCUT2D eigenvalue weighted by Gasteiger charge is 2.57. The van der Waals surface area contributed by atoms with Crippen LogP contribution in [0.3, 0.4) is 0 Å². The van der Waals surface area contributed by atoms with E-state index in [1.54, 1.807) is 25.1 Å². The zero-order chi connectivity index (χ0) is 21.4. The normalized spacial score (nSPS) is 26.2. The van der Waals surface area contributed by atoms with Gasteiger partial charge in [-0.15, -0.1) is 11.8 Å². The average molecular weight is 424 g/mol. The van der Waals surface area contributed by atoms with Crippen molar-refractivity contribution in [1.82, 2.24) is 9.55 Å². The number of imidazole rings is 1. The molecule has 3 aliphatic rings. The first kappa shape index (κ1) is 20.3. The lowest BCUT2D eigenvalue weighted by Crippen LogP contribution is -2.50. The molecule has 8 heteroatoms. The number of methoxy groups -OCH3 is 1. The van der Waals surface area contributed by atoms with Gasteiger partial charge in [0.1, 0.15) is 22.4 Å². The van der Waals surface area contributed by atoms with E-state index in [-0.39, 0.29) is 16.8 Å². The van der Waals surface area contributed by atoms with Crippen LogP contribution in [0.5, 0.6) is 0 Å². The quantitative estimate of drug-likeness (QED) is 0.461. The largest absolute Gasteiger partial charge is 0.431 e. The molecule has 1 aromatic heterocycles. The maximum atomic E-state index is 14.0. The lowest BCUT2D eigenvalue weighted by atomic mass is 9.79. The third kappa shape index (κ3) is 2.91. The molecule has 4 rings (SSSR count). The van der Waals surface area contributed by atoms with Gasteiger partial charge in [0.05, 0.1) is 11.9 Å². The first-order chi connectivity index (χ1) is 13.4. The molecule has 0 fully saturated rings. The minimum atomic E-state index is -4.50. The van der Waals surface area contributed by atoms with Crippen molar-refractivity contribution in [2.24, 2.45) is 0 Å². The van der Waals surface area contributed by atoms with Crippen LogP contribution in [-0.2, 0) is 4.74 Å². The first-order valence-electron chi connectivity index (χ1n) is 9.38. The van der Waals surface area contributed by atoms with Gasteiger partial charge in [0.25, 0.3) is 0 Å². The molecule has 2 atom stereocenters. The highest BCUT2D eigenvalue weighted by atomic mass is 32.2. The Morgan fingerprint density at radius 1 is 1.21 bits per heavy atom. The van der Waals surface area contributed by atoms with Crippen molar-refractivity contribution in [1.29, 1.82) is 0 Å². The van der Waals surface area contributed by atoms with Gasteiger partial charge in [0.15, 0.2) is 0 Å². The van der Waals surface area contributed by atoms with Gasteiger partial charge in [-0.3, -0.25) is 9.47 Å². The van der Waals surface area contributed by atoms with Crippen molar-refractivity contribution >= 4 is 23.4 Å². The van der Waals surface area contributed by atoms with Crippen LogP contribution in [0.1, 0.15) is 34.6 Å². The van der Waals surface area contributed by atoms with Crippen LogP contribution in [0.2, 0.25) is 0 Å². The molecular formula is C21H24F3N3OS. The molecule has 0 aromatic carbocycles. The van der Waals surface area contributed by atoms with Crippen LogP contribution in [0.15, 0.2) is 52.4 Å². The number of thioether (sulfide) groups is 1. The summed E-state index contributed by atoms with van der Waals surface area (Å²) in [5, 5.41) is 0.813. The Morgan fingerprint density at radius 3 is 2.48 bits per heavy atom. The van der Waals surface area contributed by atoms with Gasteiger partial charge >= 0.3 is 6.18 Å². The molecule has 29 heavy (non-hydrogen) atoms. The molecule has 3 heterocycles. The predicted octanol–water partition coefficient (Wildman–Crippen LogP) is 5.55. The highest BCUT2D eigenvalue weighted by Crippen LogP contribution is 2.56. The number of alkyl halides is 3. The van der Waals surface area contributed by atoms with E-state index in [2.05, 4.69) is 25.8 Å². The lowest BCUT2D eigenvalue weighted by molar-refractivity contribution is -0.0941. The Bertz CT molecular complexity index is 994. The molecule has 156 valence electrons. The number of halogens is 3. The Kier molecular flexibility index (Phi) is 4.41. The predicted molar refractivity (Wildman–Crippen MR) is 110 cm³/mol. The molecule has 0 bridgehead atoms. The molecule has 2 aliphatic heterocycles. The monoisotopic (exact) mass is 423 g/mol. The molecule has 0 radical (unpaired) electrons. The van der Waals surface area contributed by atoms with E-state index in [0.717, 1.165) is 27.9 Å². The smallest absolute Gasteiger partial charge is 0.373 e. The first-order valence-corrected chi connectivity index (χ1v) is 10.2. The lowest BCUT2D eigenvalue weighted by Gasteiger charge is -2.42. The van der Waals surface area contributed by atoms with Crippen LogP contribution in [-0.4, -0.2) is 39.2 Å². The number of rotatable bonds is 2. The van der Waals surface area contributed by atoms with Crippen LogP contribution in [0, 0.1) is 0 Å². The Labute approximate surface area is 172 Å². The number of aromatic nitrogens is 2. The summed E-state index contributed by atoms with van der Waals surface area (Å²) in [5.41, 5.74) is 0.738. The van der Waals surface area contributed by atoms with E-state index in [1.807, 2.05) is 30.6 Å². The number of allylic oxidation sites excluding steroid dienone is 3. The average Bonchev–Trinajstić information content (AvgIpc) is 3.08. The molecule has 1 spiro atoms. The zero-order valence-electron chi connectivity index (χ0n) is 17.3. The fourth-order valence-electron chi connectivity index (χ4n) is 4.50. The van der Waals surface area contributed by atoms with Gasteiger partial charge in [-0.05, 0) is 43.2 Å². The summed E-state index contributed by atoms with van der Waals surface area (Å²) >= 11 is 1.58. The van der Waals surface area contributed by atoms with Crippen molar-refractivity contribution in [3.8, 4) is 0 Å². The standard InChI is InChI=1S/C21H24F3N3OS/c1-12-10-20-9-7-8-14(21(22,23)24)27(20)18-25-11-15(29-19(3,4)5)26(18)17(20)13(2)16(12)28-6/h7-11,16H,1-6H3. The van der Waals surface area contributed by atoms with E-state index in [4.69, 9.17) is 4.74 Å². The van der Waals surface area contributed by atoms with Crippen molar-refractivity contribution in [2.75, 3.05) is 12.0 Å². The second-order valence-corrected chi connectivity index (χ2v) is 10.4. The Balaban J connectivity index is 2.03. The number of nitrogens with zero attached hydrogens (tertiary/aromatic N) is 3.